The van der Waals surface area contributed by atoms with E-state index < -0.39 is 0 Å². The minimum Gasteiger partial charge on any atom is -0.334 e. The van der Waals surface area contributed by atoms with Crippen LogP contribution in [0.25, 0.3) is 0 Å². The predicted molar refractivity (Wildman–Crippen MR) is 97.4 cm³/mol. The van der Waals surface area contributed by atoms with E-state index in [2.05, 4.69) is 22.0 Å². The standard InChI is InChI=1S/C20H24N2OS/c23-20(22-12-6-10-16-9-4-5-11-18(16)22)17-14-24-19(21-17)13-15-7-2-1-3-8-15/h1-3,7-8,14,16,18H,4-6,9-13H2/t16-,18-/m0/s1. The molecule has 1 amide bonds. The predicted octanol–water partition coefficient (Wildman–Crippen LogP) is 4.53. The number of hydrogen-bond acceptors (Lipinski definition) is 3. The summed E-state index contributed by atoms with van der Waals surface area (Å²) in [5, 5.41) is 2.98. The van der Waals surface area contributed by atoms with Gasteiger partial charge in [0.15, 0.2) is 0 Å². The van der Waals surface area contributed by atoms with Crippen LogP contribution in [0.5, 0.6) is 0 Å². The van der Waals surface area contributed by atoms with E-state index in [4.69, 9.17) is 0 Å². The molecule has 1 aliphatic carbocycles. The van der Waals surface area contributed by atoms with E-state index in [9.17, 15) is 4.79 Å². The fourth-order valence-electron chi connectivity index (χ4n) is 4.28. The van der Waals surface area contributed by atoms with Crippen LogP contribution in [0.3, 0.4) is 0 Å². The van der Waals surface area contributed by atoms with Crippen LogP contribution in [0.4, 0.5) is 0 Å². The largest absolute Gasteiger partial charge is 0.334 e. The van der Waals surface area contributed by atoms with Crippen molar-refractivity contribution in [3.63, 3.8) is 0 Å². The zero-order chi connectivity index (χ0) is 16.4. The van der Waals surface area contributed by atoms with Gasteiger partial charge in [0.05, 0.1) is 5.01 Å². The fourth-order valence-corrected chi connectivity index (χ4v) is 5.09. The molecule has 0 bridgehead atoms. The number of thiazole rings is 1. The van der Waals surface area contributed by atoms with Crippen LogP contribution in [-0.2, 0) is 6.42 Å². The lowest BCUT2D eigenvalue weighted by Crippen LogP contribution is -2.49. The second kappa shape index (κ2) is 7.06. The Morgan fingerprint density at radius 3 is 2.79 bits per heavy atom. The molecular weight excluding hydrogens is 316 g/mol. The number of fused-ring (bicyclic) bond motifs is 1. The first-order chi connectivity index (χ1) is 11.8. The molecule has 1 saturated carbocycles. The fraction of sp³-hybridized carbons (Fsp3) is 0.500. The van der Waals surface area contributed by atoms with Crippen molar-refractivity contribution in [2.24, 2.45) is 5.92 Å². The summed E-state index contributed by atoms with van der Waals surface area (Å²) in [6.45, 7) is 0.908. The van der Waals surface area contributed by atoms with Crippen molar-refractivity contribution in [2.45, 2.75) is 51.0 Å². The Kier molecular flexibility index (Phi) is 4.65. The molecule has 4 heteroatoms. The van der Waals surface area contributed by atoms with E-state index in [0.717, 1.165) is 30.3 Å². The normalized spacial score (nSPS) is 23.8. The molecule has 2 heterocycles. The number of benzene rings is 1. The Morgan fingerprint density at radius 1 is 1.12 bits per heavy atom. The third-order valence-corrected chi connectivity index (χ3v) is 6.32. The number of likely N-dealkylation sites (tertiary alicyclic amines) is 1. The molecule has 0 spiro atoms. The molecule has 0 radical (unpaired) electrons. The minimum atomic E-state index is 0.155. The molecular formula is C20H24N2OS. The number of carbonyl (C=O) groups is 1. The molecule has 4 rings (SSSR count). The lowest BCUT2D eigenvalue weighted by Gasteiger charge is -2.43. The summed E-state index contributed by atoms with van der Waals surface area (Å²) in [5.74, 6) is 0.876. The van der Waals surface area contributed by atoms with Gasteiger partial charge in [-0.2, -0.15) is 0 Å². The molecule has 2 aliphatic rings. The third-order valence-electron chi connectivity index (χ3n) is 5.47. The molecule has 24 heavy (non-hydrogen) atoms. The number of piperidine rings is 1. The first kappa shape index (κ1) is 15.8. The van der Waals surface area contributed by atoms with Crippen molar-refractivity contribution in [2.75, 3.05) is 6.54 Å². The van der Waals surface area contributed by atoms with Gasteiger partial charge in [-0.15, -0.1) is 11.3 Å². The number of amides is 1. The second-order valence-electron chi connectivity index (χ2n) is 7.04. The Balaban J connectivity index is 1.48. The van der Waals surface area contributed by atoms with Crippen molar-refractivity contribution in [3.05, 3.63) is 52.0 Å². The van der Waals surface area contributed by atoms with Gasteiger partial charge in [0, 0.05) is 24.4 Å². The Labute approximate surface area is 147 Å². The number of carbonyl (C=O) groups excluding carboxylic acids is 1. The second-order valence-corrected chi connectivity index (χ2v) is 7.98. The molecule has 2 atom stereocenters. The van der Waals surface area contributed by atoms with Crippen LogP contribution in [0, 0.1) is 5.92 Å². The van der Waals surface area contributed by atoms with Gasteiger partial charge in [-0.3, -0.25) is 4.79 Å². The average Bonchev–Trinajstić information content (AvgIpc) is 3.10. The van der Waals surface area contributed by atoms with E-state index >= 15 is 0 Å². The molecule has 1 saturated heterocycles. The highest BCUT2D eigenvalue weighted by Gasteiger charge is 2.36. The third kappa shape index (κ3) is 3.25. The first-order valence-electron chi connectivity index (χ1n) is 9.10. The SMILES string of the molecule is O=C(c1csc(Cc2ccccc2)n1)N1CCC[C@@H]2CCCC[C@@H]21. The highest BCUT2D eigenvalue weighted by Crippen LogP contribution is 2.36. The van der Waals surface area contributed by atoms with Crippen LogP contribution >= 0.6 is 11.3 Å². The summed E-state index contributed by atoms with van der Waals surface area (Å²) < 4.78 is 0. The van der Waals surface area contributed by atoms with E-state index in [1.165, 1.54) is 37.7 Å². The lowest BCUT2D eigenvalue weighted by atomic mass is 9.78. The number of aromatic nitrogens is 1. The van der Waals surface area contributed by atoms with E-state index in [-0.39, 0.29) is 5.91 Å². The van der Waals surface area contributed by atoms with Crippen LogP contribution in [0.1, 0.15) is 59.6 Å². The molecule has 1 aromatic heterocycles. The molecule has 2 fully saturated rings. The molecule has 0 N–H and O–H groups in total. The number of nitrogens with zero attached hydrogens (tertiary/aromatic N) is 2. The van der Waals surface area contributed by atoms with Gasteiger partial charge in [0.25, 0.3) is 5.91 Å². The molecule has 1 aromatic carbocycles. The summed E-state index contributed by atoms with van der Waals surface area (Å²) in [5.41, 5.74) is 1.90. The van der Waals surface area contributed by atoms with Crippen LogP contribution in [0.15, 0.2) is 35.7 Å². The zero-order valence-corrected chi connectivity index (χ0v) is 14.8. The highest BCUT2D eigenvalue weighted by molar-refractivity contribution is 7.09. The maximum Gasteiger partial charge on any atom is 0.273 e. The first-order valence-corrected chi connectivity index (χ1v) is 9.98. The minimum absolute atomic E-state index is 0.155. The van der Waals surface area contributed by atoms with E-state index in [1.54, 1.807) is 11.3 Å². The van der Waals surface area contributed by atoms with E-state index in [0.29, 0.717) is 11.7 Å². The lowest BCUT2D eigenvalue weighted by molar-refractivity contribution is 0.0386. The molecule has 3 nitrogen and oxygen atoms in total. The summed E-state index contributed by atoms with van der Waals surface area (Å²) in [7, 11) is 0. The smallest absolute Gasteiger partial charge is 0.273 e. The van der Waals surface area contributed by atoms with Crippen LogP contribution in [0.2, 0.25) is 0 Å². The Morgan fingerprint density at radius 2 is 1.92 bits per heavy atom. The van der Waals surface area contributed by atoms with Gasteiger partial charge in [-0.05, 0) is 37.2 Å². The van der Waals surface area contributed by atoms with Crippen LogP contribution in [-0.4, -0.2) is 28.4 Å². The Hall–Kier alpha value is -1.68. The zero-order valence-electron chi connectivity index (χ0n) is 14.0. The summed E-state index contributed by atoms with van der Waals surface area (Å²) >= 11 is 1.61. The van der Waals surface area contributed by atoms with Gasteiger partial charge in [0.2, 0.25) is 0 Å². The molecule has 126 valence electrons. The van der Waals surface area contributed by atoms with Gasteiger partial charge < -0.3 is 4.90 Å². The van der Waals surface area contributed by atoms with Crippen molar-refractivity contribution < 1.29 is 4.79 Å². The summed E-state index contributed by atoms with van der Waals surface area (Å²) in [6, 6.07) is 10.8. The van der Waals surface area contributed by atoms with Crippen molar-refractivity contribution in [1.29, 1.82) is 0 Å². The topological polar surface area (TPSA) is 33.2 Å². The average molecular weight is 340 g/mol. The summed E-state index contributed by atoms with van der Waals surface area (Å²) in [4.78, 5) is 19.8. The molecule has 2 aromatic rings. The highest BCUT2D eigenvalue weighted by atomic mass is 32.1. The number of rotatable bonds is 3. The van der Waals surface area contributed by atoms with Gasteiger partial charge in [-0.1, -0.05) is 43.2 Å². The van der Waals surface area contributed by atoms with Gasteiger partial charge in [0.1, 0.15) is 5.69 Å². The number of hydrogen-bond donors (Lipinski definition) is 0. The Bertz CT molecular complexity index is 695. The van der Waals surface area contributed by atoms with Gasteiger partial charge >= 0.3 is 0 Å². The maximum atomic E-state index is 13.0. The maximum absolute atomic E-state index is 13.0. The van der Waals surface area contributed by atoms with Crippen molar-refractivity contribution in [3.8, 4) is 0 Å². The quantitative estimate of drug-likeness (QED) is 0.822. The molecule has 1 aliphatic heterocycles. The van der Waals surface area contributed by atoms with Crippen molar-refractivity contribution >= 4 is 17.2 Å². The van der Waals surface area contributed by atoms with Gasteiger partial charge in [-0.25, -0.2) is 4.98 Å². The summed E-state index contributed by atoms with van der Waals surface area (Å²) in [6.07, 6.45) is 8.33. The van der Waals surface area contributed by atoms with Crippen molar-refractivity contribution in [1.82, 2.24) is 9.88 Å². The van der Waals surface area contributed by atoms with E-state index in [1.807, 2.05) is 23.6 Å². The van der Waals surface area contributed by atoms with Crippen LogP contribution < -0.4 is 0 Å². The molecule has 0 unspecified atom stereocenters. The monoisotopic (exact) mass is 340 g/mol.